The number of thiophene rings is 1. The molecule has 0 unspecified atom stereocenters. The van der Waals surface area contributed by atoms with Gasteiger partial charge in [0.2, 0.25) is 0 Å². The fraction of sp³-hybridized carbons (Fsp3) is 0.615. The second-order valence-corrected chi connectivity index (χ2v) is 6.80. The van der Waals surface area contributed by atoms with Crippen LogP contribution in [0.1, 0.15) is 37.4 Å². The van der Waals surface area contributed by atoms with Crippen molar-refractivity contribution in [3.05, 3.63) is 21.9 Å². The van der Waals surface area contributed by atoms with Gasteiger partial charge in [0.1, 0.15) is 10.9 Å². The Morgan fingerprint density at radius 3 is 2.38 bits per heavy atom. The summed E-state index contributed by atoms with van der Waals surface area (Å²) in [6.45, 7) is 10.1. The Kier molecular flexibility index (Phi) is 2.60. The van der Waals surface area contributed by atoms with E-state index in [4.69, 9.17) is 5.26 Å². The fourth-order valence-electron chi connectivity index (χ4n) is 2.44. The largest absolute Gasteiger partial charge is 0.308 e. The minimum Gasteiger partial charge on any atom is -0.308 e. The second-order valence-electron chi connectivity index (χ2n) is 5.64. The average molecular weight is 234 g/mol. The van der Waals surface area contributed by atoms with Crippen molar-refractivity contribution in [3.8, 4) is 6.07 Å². The first-order chi connectivity index (χ1) is 7.39. The Morgan fingerprint density at radius 1 is 1.31 bits per heavy atom. The summed E-state index contributed by atoms with van der Waals surface area (Å²) in [4.78, 5) is 2.04. The van der Waals surface area contributed by atoms with Crippen molar-refractivity contribution in [3.63, 3.8) is 0 Å². The van der Waals surface area contributed by atoms with E-state index in [0.29, 0.717) is 16.9 Å². The summed E-state index contributed by atoms with van der Waals surface area (Å²) in [6.07, 6.45) is 0. The van der Waals surface area contributed by atoms with Crippen molar-refractivity contribution < 1.29 is 0 Å². The van der Waals surface area contributed by atoms with Crippen molar-refractivity contribution in [2.75, 3.05) is 0 Å². The summed E-state index contributed by atoms with van der Waals surface area (Å²) >= 11 is 1.58. The molecular formula is C13H18N2S. The first-order valence-electron chi connectivity index (χ1n) is 5.62. The van der Waals surface area contributed by atoms with Gasteiger partial charge in [0.05, 0.1) is 0 Å². The summed E-state index contributed by atoms with van der Waals surface area (Å²) < 4.78 is 0. The SMILES string of the molecule is CC1(C)C(NCc2ccc(C#N)s2)C1(C)C. The second kappa shape index (κ2) is 3.58. The zero-order valence-corrected chi connectivity index (χ0v) is 11.1. The molecule has 0 spiro atoms. The van der Waals surface area contributed by atoms with Gasteiger partial charge in [-0.15, -0.1) is 11.3 Å². The van der Waals surface area contributed by atoms with Crippen LogP contribution in [0, 0.1) is 22.2 Å². The van der Waals surface area contributed by atoms with Crippen LogP contribution in [0.25, 0.3) is 0 Å². The number of nitriles is 1. The molecule has 1 heterocycles. The predicted molar refractivity (Wildman–Crippen MR) is 67.2 cm³/mol. The van der Waals surface area contributed by atoms with E-state index >= 15 is 0 Å². The van der Waals surface area contributed by atoms with E-state index in [-0.39, 0.29) is 0 Å². The monoisotopic (exact) mass is 234 g/mol. The molecule has 0 aliphatic heterocycles. The highest BCUT2D eigenvalue weighted by atomic mass is 32.1. The molecule has 2 nitrogen and oxygen atoms in total. The maximum atomic E-state index is 8.75. The van der Waals surface area contributed by atoms with Crippen LogP contribution in [0.5, 0.6) is 0 Å². The van der Waals surface area contributed by atoms with Crippen LogP contribution >= 0.6 is 11.3 Å². The fourth-order valence-corrected chi connectivity index (χ4v) is 3.20. The maximum Gasteiger partial charge on any atom is 0.110 e. The van der Waals surface area contributed by atoms with E-state index in [1.54, 1.807) is 11.3 Å². The van der Waals surface area contributed by atoms with Gasteiger partial charge >= 0.3 is 0 Å². The van der Waals surface area contributed by atoms with Crippen molar-refractivity contribution in [1.29, 1.82) is 5.26 Å². The quantitative estimate of drug-likeness (QED) is 0.872. The van der Waals surface area contributed by atoms with Crippen molar-refractivity contribution in [2.24, 2.45) is 10.8 Å². The van der Waals surface area contributed by atoms with E-state index in [1.165, 1.54) is 4.88 Å². The molecule has 1 aromatic heterocycles. The van der Waals surface area contributed by atoms with Gasteiger partial charge in [-0.1, -0.05) is 27.7 Å². The van der Waals surface area contributed by atoms with Gasteiger partial charge in [-0.2, -0.15) is 5.26 Å². The predicted octanol–water partition coefficient (Wildman–Crippen LogP) is 3.14. The van der Waals surface area contributed by atoms with E-state index < -0.39 is 0 Å². The molecule has 0 atom stereocenters. The molecule has 0 radical (unpaired) electrons. The van der Waals surface area contributed by atoms with Crippen LogP contribution in [-0.4, -0.2) is 6.04 Å². The molecule has 3 heteroatoms. The van der Waals surface area contributed by atoms with Crippen LogP contribution in [0.2, 0.25) is 0 Å². The van der Waals surface area contributed by atoms with Gasteiger partial charge in [-0.05, 0) is 23.0 Å². The Bertz CT molecular complexity index is 423. The first kappa shape index (κ1) is 11.6. The topological polar surface area (TPSA) is 35.8 Å². The molecule has 1 aliphatic rings. The van der Waals surface area contributed by atoms with Crippen LogP contribution < -0.4 is 5.32 Å². The van der Waals surface area contributed by atoms with E-state index in [1.807, 2.05) is 12.1 Å². The highest BCUT2D eigenvalue weighted by Crippen LogP contribution is 2.62. The lowest BCUT2D eigenvalue weighted by molar-refractivity contribution is 0.457. The molecule has 1 aliphatic carbocycles. The lowest BCUT2D eigenvalue weighted by atomic mass is 10.0. The standard InChI is InChI=1S/C13H18N2S/c1-12(2)11(13(12,3)4)15-8-10-6-5-9(7-14)16-10/h5-6,11,15H,8H2,1-4H3. The van der Waals surface area contributed by atoms with Crippen molar-refractivity contribution in [1.82, 2.24) is 5.32 Å². The summed E-state index contributed by atoms with van der Waals surface area (Å²) in [5.74, 6) is 0. The third kappa shape index (κ3) is 1.66. The van der Waals surface area contributed by atoms with Gasteiger partial charge in [-0.25, -0.2) is 0 Å². The van der Waals surface area contributed by atoms with E-state index in [9.17, 15) is 0 Å². The third-order valence-corrected chi connectivity index (χ3v) is 5.26. The molecule has 0 aromatic carbocycles. The molecule has 0 amide bonds. The number of hydrogen-bond acceptors (Lipinski definition) is 3. The van der Waals surface area contributed by atoms with Crippen LogP contribution in [0.4, 0.5) is 0 Å². The van der Waals surface area contributed by atoms with Crippen LogP contribution in [-0.2, 0) is 6.54 Å². The van der Waals surface area contributed by atoms with E-state index in [2.05, 4.69) is 39.1 Å². The minimum absolute atomic E-state index is 0.377. The Hall–Kier alpha value is -0.850. The average Bonchev–Trinajstić information content (AvgIpc) is 2.60. The summed E-state index contributed by atoms with van der Waals surface area (Å²) in [5.41, 5.74) is 0.755. The smallest absolute Gasteiger partial charge is 0.110 e. The summed E-state index contributed by atoms with van der Waals surface area (Å²) in [6, 6.07) is 6.68. The Labute approximate surface area is 101 Å². The zero-order chi connectivity index (χ0) is 12.0. The Morgan fingerprint density at radius 2 is 1.94 bits per heavy atom. The molecular weight excluding hydrogens is 216 g/mol. The number of nitrogens with one attached hydrogen (secondary N) is 1. The zero-order valence-electron chi connectivity index (χ0n) is 10.3. The number of rotatable bonds is 3. The van der Waals surface area contributed by atoms with Gasteiger partial charge in [-0.3, -0.25) is 0 Å². The minimum atomic E-state index is 0.377. The third-order valence-electron chi connectivity index (χ3n) is 4.27. The number of nitrogens with zero attached hydrogens (tertiary/aromatic N) is 1. The maximum absolute atomic E-state index is 8.75. The summed E-state index contributed by atoms with van der Waals surface area (Å²) in [5, 5.41) is 12.3. The van der Waals surface area contributed by atoms with Gasteiger partial charge in [0, 0.05) is 17.5 Å². The summed E-state index contributed by atoms with van der Waals surface area (Å²) in [7, 11) is 0. The lowest BCUT2D eigenvalue weighted by Gasteiger charge is -2.03. The van der Waals surface area contributed by atoms with Crippen molar-refractivity contribution >= 4 is 11.3 Å². The molecule has 0 bridgehead atoms. The molecule has 1 N–H and O–H groups in total. The van der Waals surface area contributed by atoms with E-state index in [0.717, 1.165) is 11.4 Å². The lowest BCUT2D eigenvalue weighted by Crippen LogP contribution is -2.21. The highest BCUT2D eigenvalue weighted by Gasteiger charge is 2.64. The van der Waals surface area contributed by atoms with Gasteiger partial charge < -0.3 is 5.32 Å². The molecule has 1 fully saturated rings. The van der Waals surface area contributed by atoms with Gasteiger partial charge in [0.25, 0.3) is 0 Å². The van der Waals surface area contributed by atoms with Crippen LogP contribution in [0.3, 0.4) is 0 Å². The normalized spacial score (nSPS) is 21.7. The molecule has 16 heavy (non-hydrogen) atoms. The molecule has 86 valence electrons. The van der Waals surface area contributed by atoms with Crippen LogP contribution in [0.15, 0.2) is 12.1 Å². The van der Waals surface area contributed by atoms with Gasteiger partial charge in [0.15, 0.2) is 0 Å². The molecule has 2 rings (SSSR count). The molecule has 1 saturated carbocycles. The molecule has 0 saturated heterocycles. The highest BCUT2D eigenvalue weighted by molar-refractivity contribution is 7.12. The number of hydrogen-bond donors (Lipinski definition) is 1. The van der Waals surface area contributed by atoms with Crippen molar-refractivity contribution in [2.45, 2.75) is 40.3 Å². The Balaban J connectivity index is 1.93. The molecule has 1 aromatic rings. The first-order valence-corrected chi connectivity index (χ1v) is 6.43.